The van der Waals surface area contributed by atoms with Crippen LogP contribution in [0.15, 0.2) is 23.4 Å². The fourth-order valence-electron chi connectivity index (χ4n) is 0.531. The summed E-state index contributed by atoms with van der Waals surface area (Å²) >= 11 is 1.62. The number of allylic oxidation sites excluding steroid dienone is 1. The highest BCUT2D eigenvalue weighted by molar-refractivity contribution is 7.08. The lowest BCUT2D eigenvalue weighted by atomic mass is 10.2. The fourth-order valence-corrected chi connectivity index (χ4v) is 1.21. The third-order valence-electron chi connectivity index (χ3n) is 1.07. The van der Waals surface area contributed by atoms with Crippen LogP contribution in [0.1, 0.15) is 5.56 Å². The number of hydrogen-bond donors (Lipinski definition) is 1. The summed E-state index contributed by atoms with van der Waals surface area (Å²) in [5, 5.41) is 10.8. The molecule has 0 unspecified atom stereocenters. The average molecular weight is 137 g/mol. The number of hydrogen-bond acceptors (Lipinski definition) is 2. The lowest BCUT2D eigenvalue weighted by molar-refractivity contribution is 1.58. The molecule has 0 aliphatic rings. The van der Waals surface area contributed by atoms with Gasteiger partial charge in [-0.15, -0.1) is 0 Å². The van der Waals surface area contributed by atoms with Crippen LogP contribution in [0, 0.1) is 5.41 Å². The van der Waals surface area contributed by atoms with Gasteiger partial charge in [0.1, 0.15) is 0 Å². The summed E-state index contributed by atoms with van der Waals surface area (Å²) < 4.78 is 0. The van der Waals surface area contributed by atoms with Crippen LogP contribution in [0.3, 0.4) is 0 Å². The molecule has 0 radical (unpaired) electrons. The van der Waals surface area contributed by atoms with Gasteiger partial charge in [-0.2, -0.15) is 11.3 Å². The maximum Gasteiger partial charge on any atom is 0.0250 e. The first kappa shape index (κ1) is 6.23. The molecule has 0 aliphatic heterocycles. The number of thiophene rings is 1. The van der Waals surface area contributed by atoms with E-state index in [1.807, 2.05) is 16.8 Å². The molecule has 1 nitrogen and oxygen atoms in total. The summed E-state index contributed by atoms with van der Waals surface area (Å²) in [6.07, 6.45) is 1.27. The standard InChI is InChI=1S/C7H7NS/c1-6(4-8)7-2-3-9-5-7/h2-5,8H,1H2. The summed E-state index contributed by atoms with van der Waals surface area (Å²) in [6.45, 7) is 3.68. The van der Waals surface area contributed by atoms with Gasteiger partial charge in [0.05, 0.1) is 0 Å². The molecule has 9 heavy (non-hydrogen) atoms. The minimum atomic E-state index is 0.774. The summed E-state index contributed by atoms with van der Waals surface area (Å²) in [5.74, 6) is 0. The van der Waals surface area contributed by atoms with E-state index in [1.54, 1.807) is 11.3 Å². The molecule has 1 rings (SSSR count). The van der Waals surface area contributed by atoms with Crippen molar-refractivity contribution in [3.8, 4) is 0 Å². The van der Waals surface area contributed by atoms with E-state index in [2.05, 4.69) is 6.58 Å². The van der Waals surface area contributed by atoms with Crippen molar-refractivity contribution in [1.29, 1.82) is 5.41 Å². The largest absolute Gasteiger partial charge is 0.308 e. The zero-order chi connectivity index (χ0) is 6.69. The molecule has 0 amide bonds. The van der Waals surface area contributed by atoms with E-state index in [4.69, 9.17) is 5.41 Å². The van der Waals surface area contributed by atoms with Crippen molar-refractivity contribution < 1.29 is 0 Å². The van der Waals surface area contributed by atoms with Crippen LogP contribution in [0.4, 0.5) is 0 Å². The zero-order valence-corrected chi connectivity index (χ0v) is 5.74. The van der Waals surface area contributed by atoms with Gasteiger partial charge in [-0.25, -0.2) is 0 Å². The third kappa shape index (κ3) is 1.27. The van der Waals surface area contributed by atoms with E-state index in [0.29, 0.717) is 0 Å². The second kappa shape index (κ2) is 2.60. The Labute approximate surface area is 58.2 Å². The van der Waals surface area contributed by atoms with Crippen molar-refractivity contribution in [3.63, 3.8) is 0 Å². The normalized spacial score (nSPS) is 8.89. The maximum atomic E-state index is 6.86. The highest BCUT2D eigenvalue weighted by atomic mass is 32.1. The van der Waals surface area contributed by atoms with E-state index in [1.165, 1.54) is 6.21 Å². The lowest BCUT2D eigenvalue weighted by Crippen LogP contribution is -1.75. The average Bonchev–Trinajstić information content (AvgIpc) is 2.37. The number of rotatable bonds is 2. The second-order valence-corrected chi connectivity index (χ2v) is 2.46. The van der Waals surface area contributed by atoms with E-state index in [9.17, 15) is 0 Å². The van der Waals surface area contributed by atoms with Gasteiger partial charge in [0.25, 0.3) is 0 Å². The van der Waals surface area contributed by atoms with Crippen LogP contribution in [0.25, 0.3) is 5.57 Å². The van der Waals surface area contributed by atoms with Crippen molar-refractivity contribution in [2.75, 3.05) is 0 Å². The molecular formula is C7H7NS. The predicted molar refractivity (Wildman–Crippen MR) is 42.1 cm³/mol. The van der Waals surface area contributed by atoms with Crippen molar-refractivity contribution in [1.82, 2.24) is 0 Å². The van der Waals surface area contributed by atoms with Gasteiger partial charge in [0.2, 0.25) is 0 Å². The highest BCUT2D eigenvalue weighted by Gasteiger charge is 1.91. The molecular weight excluding hydrogens is 130 g/mol. The summed E-state index contributed by atoms with van der Waals surface area (Å²) in [4.78, 5) is 0. The zero-order valence-electron chi connectivity index (χ0n) is 4.92. The van der Waals surface area contributed by atoms with Crippen LogP contribution < -0.4 is 0 Å². The smallest absolute Gasteiger partial charge is 0.0250 e. The Kier molecular flexibility index (Phi) is 1.80. The Morgan fingerprint density at radius 1 is 1.78 bits per heavy atom. The topological polar surface area (TPSA) is 23.9 Å². The molecule has 2 heteroatoms. The van der Waals surface area contributed by atoms with Crippen LogP contribution in [0.5, 0.6) is 0 Å². The molecule has 1 heterocycles. The van der Waals surface area contributed by atoms with E-state index < -0.39 is 0 Å². The molecule has 0 atom stereocenters. The minimum Gasteiger partial charge on any atom is -0.308 e. The SMILES string of the molecule is C=C(C=N)c1ccsc1. The quantitative estimate of drug-likeness (QED) is 0.605. The van der Waals surface area contributed by atoms with Crippen molar-refractivity contribution in [2.24, 2.45) is 0 Å². The monoisotopic (exact) mass is 137 g/mol. The van der Waals surface area contributed by atoms with E-state index in [-0.39, 0.29) is 0 Å². The predicted octanol–water partition coefficient (Wildman–Crippen LogP) is 2.41. The Bertz CT molecular complexity index is 211. The first-order valence-corrected chi connectivity index (χ1v) is 3.51. The van der Waals surface area contributed by atoms with E-state index in [0.717, 1.165) is 11.1 Å². The first-order valence-electron chi connectivity index (χ1n) is 2.56. The lowest BCUT2D eigenvalue weighted by Gasteiger charge is -1.88. The van der Waals surface area contributed by atoms with Gasteiger partial charge in [-0.05, 0) is 28.0 Å². The molecule has 1 aromatic rings. The Hall–Kier alpha value is -0.890. The Balaban J connectivity index is 2.89. The first-order chi connectivity index (χ1) is 4.34. The van der Waals surface area contributed by atoms with Gasteiger partial charge in [0.15, 0.2) is 0 Å². The molecule has 0 spiro atoms. The van der Waals surface area contributed by atoms with Gasteiger partial charge in [-0.1, -0.05) is 6.58 Å². The van der Waals surface area contributed by atoms with Gasteiger partial charge >= 0.3 is 0 Å². The molecule has 1 N–H and O–H groups in total. The molecule has 0 fully saturated rings. The van der Waals surface area contributed by atoms with Crippen LogP contribution >= 0.6 is 11.3 Å². The van der Waals surface area contributed by atoms with Crippen molar-refractivity contribution >= 4 is 23.1 Å². The fraction of sp³-hybridized carbons (Fsp3) is 0. The van der Waals surface area contributed by atoms with Gasteiger partial charge < -0.3 is 5.41 Å². The van der Waals surface area contributed by atoms with Crippen LogP contribution in [-0.2, 0) is 0 Å². The third-order valence-corrected chi connectivity index (χ3v) is 1.75. The Morgan fingerprint density at radius 3 is 3.00 bits per heavy atom. The molecule has 0 bridgehead atoms. The number of nitrogens with one attached hydrogen (secondary N) is 1. The van der Waals surface area contributed by atoms with Crippen molar-refractivity contribution in [3.05, 3.63) is 29.0 Å². The summed E-state index contributed by atoms with van der Waals surface area (Å²) in [6, 6.07) is 1.96. The highest BCUT2D eigenvalue weighted by Crippen LogP contribution is 2.12. The second-order valence-electron chi connectivity index (χ2n) is 1.68. The van der Waals surface area contributed by atoms with Gasteiger partial charge in [-0.3, -0.25) is 0 Å². The van der Waals surface area contributed by atoms with Gasteiger partial charge in [0, 0.05) is 6.21 Å². The van der Waals surface area contributed by atoms with Crippen LogP contribution in [-0.4, -0.2) is 6.21 Å². The Morgan fingerprint density at radius 2 is 2.56 bits per heavy atom. The van der Waals surface area contributed by atoms with Crippen LogP contribution in [0.2, 0.25) is 0 Å². The molecule has 46 valence electrons. The summed E-state index contributed by atoms with van der Waals surface area (Å²) in [7, 11) is 0. The maximum absolute atomic E-state index is 6.86. The molecule has 0 saturated carbocycles. The molecule has 0 saturated heterocycles. The molecule has 0 aliphatic carbocycles. The molecule has 1 aromatic heterocycles. The minimum absolute atomic E-state index is 0.774. The molecule has 0 aromatic carbocycles. The van der Waals surface area contributed by atoms with E-state index >= 15 is 0 Å². The summed E-state index contributed by atoms with van der Waals surface area (Å²) in [5.41, 5.74) is 1.83. The van der Waals surface area contributed by atoms with Crippen molar-refractivity contribution in [2.45, 2.75) is 0 Å².